The normalized spacial score (nSPS) is 10.6. The number of nitrogens with one attached hydrogen (secondary N) is 2. The van der Waals surface area contributed by atoms with Crippen LogP contribution in [0.4, 0.5) is 5.69 Å². The number of methoxy groups -OCH3 is 2. The molecule has 2 aromatic rings. The lowest BCUT2D eigenvalue weighted by Gasteiger charge is -2.10. The van der Waals surface area contributed by atoms with Crippen LogP contribution in [0, 0.1) is 11.3 Å². The van der Waals surface area contributed by atoms with E-state index in [1.54, 1.807) is 51.5 Å². The third kappa shape index (κ3) is 6.78. The van der Waals surface area contributed by atoms with Crippen molar-refractivity contribution in [3.05, 3.63) is 65.4 Å². The van der Waals surface area contributed by atoms with Crippen molar-refractivity contribution in [1.29, 1.82) is 5.26 Å². The van der Waals surface area contributed by atoms with Gasteiger partial charge in [0.25, 0.3) is 5.91 Å². The fraction of sp³-hybridized carbons (Fsp3) is 0.261. The van der Waals surface area contributed by atoms with E-state index in [1.807, 2.05) is 18.2 Å². The standard InChI is InChI=1S/C23H25N3O5/c1-4-31-23(28)17-6-8-19(9-7-17)26-15-18(14-24)22(27)25-12-11-16-5-10-20(29-2)21(13-16)30-3/h5-10,13,15,26H,4,11-12H2,1-3H3,(H,25,27)/b18-15-. The number of rotatable bonds is 10. The minimum absolute atomic E-state index is 0.0678. The maximum Gasteiger partial charge on any atom is 0.338 e. The van der Waals surface area contributed by atoms with Gasteiger partial charge in [-0.2, -0.15) is 5.26 Å². The van der Waals surface area contributed by atoms with E-state index in [0.717, 1.165) is 5.56 Å². The Morgan fingerprint density at radius 3 is 2.39 bits per heavy atom. The molecular weight excluding hydrogens is 398 g/mol. The van der Waals surface area contributed by atoms with E-state index in [1.165, 1.54) is 6.20 Å². The Balaban J connectivity index is 1.91. The van der Waals surface area contributed by atoms with Crippen LogP contribution in [-0.4, -0.2) is 39.2 Å². The number of esters is 1. The van der Waals surface area contributed by atoms with Crippen LogP contribution in [0.15, 0.2) is 54.2 Å². The van der Waals surface area contributed by atoms with Gasteiger partial charge in [-0.3, -0.25) is 4.79 Å². The van der Waals surface area contributed by atoms with Gasteiger partial charge in [0, 0.05) is 18.4 Å². The zero-order valence-corrected chi connectivity index (χ0v) is 17.7. The Labute approximate surface area is 181 Å². The average Bonchev–Trinajstić information content (AvgIpc) is 2.79. The van der Waals surface area contributed by atoms with Gasteiger partial charge in [-0.1, -0.05) is 6.07 Å². The van der Waals surface area contributed by atoms with E-state index in [4.69, 9.17) is 14.2 Å². The second-order valence-electron chi connectivity index (χ2n) is 6.31. The second-order valence-corrected chi connectivity index (χ2v) is 6.31. The predicted octanol–water partition coefficient (Wildman–Crippen LogP) is 3.06. The summed E-state index contributed by atoms with van der Waals surface area (Å²) in [5.74, 6) is 0.350. The minimum atomic E-state index is -0.487. The summed E-state index contributed by atoms with van der Waals surface area (Å²) in [4.78, 5) is 23.9. The summed E-state index contributed by atoms with van der Waals surface area (Å²) in [6, 6.07) is 13.9. The maximum atomic E-state index is 12.3. The highest BCUT2D eigenvalue weighted by molar-refractivity contribution is 5.97. The van der Waals surface area contributed by atoms with Crippen molar-refractivity contribution in [1.82, 2.24) is 5.32 Å². The summed E-state index contributed by atoms with van der Waals surface area (Å²) < 4.78 is 15.4. The number of nitrogens with zero attached hydrogens (tertiary/aromatic N) is 1. The number of benzene rings is 2. The van der Waals surface area contributed by atoms with Gasteiger partial charge in [-0.25, -0.2) is 4.79 Å². The van der Waals surface area contributed by atoms with Crippen LogP contribution in [0.1, 0.15) is 22.8 Å². The molecule has 0 aromatic heterocycles. The minimum Gasteiger partial charge on any atom is -0.493 e. The third-order valence-electron chi connectivity index (χ3n) is 4.29. The molecule has 0 saturated carbocycles. The van der Waals surface area contributed by atoms with E-state index in [2.05, 4.69) is 10.6 Å². The first-order valence-electron chi connectivity index (χ1n) is 9.65. The molecule has 0 atom stereocenters. The fourth-order valence-electron chi connectivity index (χ4n) is 2.67. The van der Waals surface area contributed by atoms with Crippen molar-refractivity contribution in [3.8, 4) is 17.6 Å². The lowest BCUT2D eigenvalue weighted by Crippen LogP contribution is -2.27. The van der Waals surface area contributed by atoms with Gasteiger partial charge in [0.1, 0.15) is 11.6 Å². The Kier molecular flexibility index (Phi) is 8.92. The Morgan fingerprint density at radius 2 is 1.77 bits per heavy atom. The van der Waals surface area contributed by atoms with E-state index in [0.29, 0.717) is 42.3 Å². The van der Waals surface area contributed by atoms with E-state index < -0.39 is 11.9 Å². The van der Waals surface area contributed by atoms with Crippen molar-refractivity contribution in [2.75, 3.05) is 32.7 Å². The molecule has 0 unspecified atom stereocenters. The predicted molar refractivity (Wildman–Crippen MR) is 116 cm³/mol. The topological polar surface area (TPSA) is 110 Å². The molecular formula is C23H25N3O5. The van der Waals surface area contributed by atoms with Gasteiger partial charge in [-0.15, -0.1) is 0 Å². The summed E-state index contributed by atoms with van der Waals surface area (Å²) in [5.41, 5.74) is 1.94. The molecule has 8 heteroatoms. The first kappa shape index (κ1) is 23.3. The number of hydrogen-bond acceptors (Lipinski definition) is 7. The van der Waals surface area contributed by atoms with E-state index in [-0.39, 0.29) is 5.57 Å². The molecule has 0 fully saturated rings. The molecule has 0 heterocycles. The molecule has 2 aromatic carbocycles. The fourth-order valence-corrected chi connectivity index (χ4v) is 2.67. The molecule has 2 rings (SSSR count). The maximum absolute atomic E-state index is 12.3. The molecule has 0 radical (unpaired) electrons. The molecule has 0 aliphatic heterocycles. The van der Waals surface area contributed by atoms with Gasteiger partial charge in [0.05, 0.1) is 26.4 Å². The summed E-state index contributed by atoms with van der Waals surface area (Å²) in [5, 5.41) is 14.9. The average molecular weight is 423 g/mol. The molecule has 1 amide bonds. The molecule has 0 aliphatic carbocycles. The van der Waals surface area contributed by atoms with Crippen molar-refractivity contribution in [2.45, 2.75) is 13.3 Å². The van der Waals surface area contributed by atoms with Crippen molar-refractivity contribution < 1.29 is 23.8 Å². The van der Waals surface area contributed by atoms with E-state index >= 15 is 0 Å². The summed E-state index contributed by atoms with van der Waals surface area (Å²) in [6.07, 6.45) is 1.89. The molecule has 0 spiro atoms. The first-order valence-corrected chi connectivity index (χ1v) is 9.65. The Hall–Kier alpha value is -3.99. The van der Waals surface area contributed by atoms with Crippen LogP contribution in [0.5, 0.6) is 11.5 Å². The van der Waals surface area contributed by atoms with Crippen molar-refractivity contribution >= 4 is 17.6 Å². The molecule has 31 heavy (non-hydrogen) atoms. The molecule has 0 aliphatic rings. The zero-order chi connectivity index (χ0) is 22.6. The molecule has 162 valence electrons. The highest BCUT2D eigenvalue weighted by atomic mass is 16.5. The smallest absolute Gasteiger partial charge is 0.338 e. The molecule has 2 N–H and O–H groups in total. The highest BCUT2D eigenvalue weighted by Crippen LogP contribution is 2.27. The third-order valence-corrected chi connectivity index (χ3v) is 4.29. The van der Waals surface area contributed by atoms with Gasteiger partial charge in [0.2, 0.25) is 0 Å². The number of anilines is 1. The summed E-state index contributed by atoms with van der Waals surface area (Å²) in [6.45, 7) is 2.39. The number of carbonyl (C=O) groups is 2. The monoisotopic (exact) mass is 423 g/mol. The van der Waals surface area contributed by atoms with Crippen LogP contribution in [0.25, 0.3) is 0 Å². The van der Waals surface area contributed by atoms with Crippen LogP contribution >= 0.6 is 0 Å². The number of hydrogen-bond donors (Lipinski definition) is 2. The van der Waals surface area contributed by atoms with Crippen LogP contribution < -0.4 is 20.1 Å². The number of nitriles is 1. The lowest BCUT2D eigenvalue weighted by atomic mass is 10.1. The first-order chi connectivity index (χ1) is 15.0. The zero-order valence-electron chi connectivity index (χ0n) is 17.7. The number of amides is 1. The van der Waals surface area contributed by atoms with Crippen molar-refractivity contribution in [3.63, 3.8) is 0 Å². The Bertz CT molecular complexity index is 978. The van der Waals surface area contributed by atoms with E-state index in [9.17, 15) is 14.9 Å². The SMILES string of the molecule is CCOC(=O)c1ccc(N/C=C(/C#N)C(=O)NCCc2ccc(OC)c(OC)c2)cc1. The van der Waals surface area contributed by atoms with Crippen LogP contribution in [0.2, 0.25) is 0 Å². The molecule has 0 bridgehead atoms. The van der Waals surface area contributed by atoms with Gasteiger partial charge in [-0.05, 0) is 55.3 Å². The largest absolute Gasteiger partial charge is 0.493 e. The lowest BCUT2D eigenvalue weighted by molar-refractivity contribution is -0.117. The van der Waals surface area contributed by atoms with Gasteiger partial charge in [0.15, 0.2) is 11.5 Å². The summed E-state index contributed by atoms with van der Waals surface area (Å²) >= 11 is 0. The quantitative estimate of drug-likeness (QED) is 0.343. The van der Waals surface area contributed by atoms with Crippen LogP contribution in [0.3, 0.4) is 0 Å². The van der Waals surface area contributed by atoms with Gasteiger partial charge >= 0.3 is 5.97 Å². The Morgan fingerprint density at radius 1 is 1.06 bits per heavy atom. The molecule has 0 saturated heterocycles. The van der Waals surface area contributed by atoms with Gasteiger partial charge < -0.3 is 24.8 Å². The summed E-state index contributed by atoms with van der Waals surface area (Å²) in [7, 11) is 3.13. The van der Waals surface area contributed by atoms with Crippen molar-refractivity contribution in [2.24, 2.45) is 0 Å². The highest BCUT2D eigenvalue weighted by Gasteiger charge is 2.10. The molecule has 8 nitrogen and oxygen atoms in total. The second kappa shape index (κ2) is 11.9. The van der Waals surface area contributed by atoms with Crippen LogP contribution in [-0.2, 0) is 16.0 Å². The number of ether oxygens (including phenoxy) is 3. The number of carbonyl (C=O) groups excluding carboxylic acids is 2.